The molecule has 0 atom stereocenters. The molecule has 1 heterocycles. The number of fused-ring (bicyclic) bond motifs is 3. The molecular formula is C25H18O2. The van der Waals surface area contributed by atoms with Crippen molar-refractivity contribution in [3.05, 3.63) is 91.0 Å². The molecule has 0 bridgehead atoms. The second-order valence-electron chi connectivity index (χ2n) is 6.56. The minimum absolute atomic E-state index is 0.845. The molecule has 0 fully saturated rings. The molecular weight excluding hydrogens is 332 g/mol. The average molecular weight is 350 g/mol. The molecule has 2 heteroatoms. The van der Waals surface area contributed by atoms with E-state index >= 15 is 0 Å². The first kappa shape index (κ1) is 15.7. The largest absolute Gasteiger partial charge is 0.497 e. The first-order chi connectivity index (χ1) is 13.3. The molecule has 5 rings (SSSR count). The molecule has 0 saturated carbocycles. The highest BCUT2D eigenvalue weighted by molar-refractivity contribution is 6.16. The van der Waals surface area contributed by atoms with Crippen LogP contribution in [0, 0.1) is 0 Å². The number of hydrogen-bond donors (Lipinski definition) is 0. The molecule has 0 spiro atoms. The monoisotopic (exact) mass is 350 g/mol. The van der Waals surface area contributed by atoms with Gasteiger partial charge in [0, 0.05) is 16.5 Å². The maximum absolute atomic E-state index is 6.37. The molecule has 0 N–H and O–H groups in total. The summed E-state index contributed by atoms with van der Waals surface area (Å²) in [5, 5.41) is 3.56. The van der Waals surface area contributed by atoms with E-state index in [0.717, 1.165) is 39.2 Å². The summed E-state index contributed by atoms with van der Waals surface area (Å²) in [7, 11) is 1.69. The van der Waals surface area contributed by atoms with Gasteiger partial charge >= 0.3 is 0 Å². The van der Waals surface area contributed by atoms with Gasteiger partial charge in [-0.05, 0) is 34.5 Å². The highest BCUT2D eigenvalue weighted by Crippen LogP contribution is 2.43. The van der Waals surface area contributed by atoms with Crippen molar-refractivity contribution in [3.63, 3.8) is 0 Å². The van der Waals surface area contributed by atoms with E-state index in [9.17, 15) is 0 Å². The molecule has 0 aliphatic heterocycles. The van der Waals surface area contributed by atoms with E-state index < -0.39 is 0 Å². The molecule has 1 aromatic heterocycles. The van der Waals surface area contributed by atoms with Crippen LogP contribution in [0.4, 0.5) is 0 Å². The molecule has 0 amide bonds. The smallest absolute Gasteiger partial charge is 0.143 e. The molecule has 0 aliphatic rings. The quantitative estimate of drug-likeness (QED) is 0.352. The Balaban J connectivity index is 1.90. The number of methoxy groups -OCH3 is 1. The second-order valence-corrected chi connectivity index (χ2v) is 6.56. The van der Waals surface area contributed by atoms with Crippen LogP contribution in [0.1, 0.15) is 0 Å². The van der Waals surface area contributed by atoms with Gasteiger partial charge in [0.25, 0.3) is 0 Å². The van der Waals surface area contributed by atoms with Crippen LogP contribution < -0.4 is 4.74 Å². The summed E-state index contributed by atoms with van der Waals surface area (Å²) in [6.07, 6.45) is 0. The molecule has 0 radical (unpaired) electrons. The van der Waals surface area contributed by atoms with Crippen molar-refractivity contribution in [2.75, 3.05) is 7.11 Å². The van der Waals surface area contributed by atoms with Crippen molar-refractivity contribution in [1.82, 2.24) is 0 Å². The summed E-state index contributed by atoms with van der Waals surface area (Å²) in [5.41, 5.74) is 4.21. The zero-order valence-corrected chi connectivity index (χ0v) is 15.0. The molecule has 4 aromatic carbocycles. The van der Waals surface area contributed by atoms with Gasteiger partial charge in [0.05, 0.1) is 7.11 Å². The van der Waals surface area contributed by atoms with Crippen molar-refractivity contribution in [2.24, 2.45) is 0 Å². The Morgan fingerprint density at radius 1 is 0.667 bits per heavy atom. The van der Waals surface area contributed by atoms with E-state index in [4.69, 9.17) is 9.15 Å². The minimum Gasteiger partial charge on any atom is -0.497 e. The maximum atomic E-state index is 6.37. The number of benzene rings is 4. The third-order valence-corrected chi connectivity index (χ3v) is 4.99. The van der Waals surface area contributed by atoms with Gasteiger partial charge in [-0.15, -0.1) is 0 Å². The van der Waals surface area contributed by atoms with E-state index in [-0.39, 0.29) is 0 Å². The lowest BCUT2D eigenvalue weighted by molar-refractivity contribution is 0.415. The summed E-state index contributed by atoms with van der Waals surface area (Å²) >= 11 is 0. The Kier molecular flexibility index (Phi) is 3.68. The Hall–Kier alpha value is -3.52. The van der Waals surface area contributed by atoms with E-state index in [0.29, 0.717) is 0 Å². The van der Waals surface area contributed by atoms with Gasteiger partial charge in [-0.2, -0.15) is 0 Å². The first-order valence-corrected chi connectivity index (χ1v) is 8.99. The van der Waals surface area contributed by atoms with Crippen molar-refractivity contribution in [2.45, 2.75) is 0 Å². The summed E-state index contributed by atoms with van der Waals surface area (Å²) in [6, 6.07) is 31.1. The third-order valence-electron chi connectivity index (χ3n) is 4.99. The standard InChI is InChI=1S/C25H18O2/c1-26-20-14-11-18(12-15-20)23-24-21-10-6-5-7-17(21)13-16-22(24)27-25(23)19-8-3-2-4-9-19/h2-16H,1H3. The predicted octanol–water partition coefficient (Wildman–Crippen LogP) is 6.93. The lowest BCUT2D eigenvalue weighted by Gasteiger charge is -2.07. The zero-order chi connectivity index (χ0) is 18.2. The van der Waals surface area contributed by atoms with Crippen molar-refractivity contribution >= 4 is 21.7 Å². The van der Waals surface area contributed by atoms with Gasteiger partial charge in [0.15, 0.2) is 0 Å². The van der Waals surface area contributed by atoms with Crippen LogP contribution in [0.3, 0.4) is 0 Å². The molecule has 5 aromatic rings. The SMILES string of the molecule is COc1ccc(-c2c(-c3ccccc3)oc3ccc4ccccc4c23)cc1. The lowest BCUT2D eigenvalue weighted by Crippen LogP contribution is -1.85. The van der Waals surface area contributed by atoms with Gasteiger partial charge in [0.2, 0.25) is 0 Å². The average Bonchev–Trinajstić information content (AvgIpc) is 3.14. The van der Waals surface area contributed by atoms with Gasteiger partial charge in [-0.3, -0.25) is 0 Å². The second kappa shape index (κ2) is 6.33. The Morgan fingerprint density at radius 3 is 2.19 bits per heavy atom. The zero-order valence-electron chi connectivity index (χ0n) is 15.0. The molecule has 0 saturated heterocycles. The van der Waals surface area contributed by atoms with Gasteiger partial charge in [-0.1, -0.05) is 72.8 Å². The molecule has 0 aliphatic carbocycles. The summed E-state index contributed by atoms with van der Waals surface area (Å²) < 4.78 is 11.7. The number of hydrogen-bond acceptors (Lipinski definition) is 2. The van der Waals surface area contributed by atoms with E-state index in [1.54, 1.807) is 7.11 Å². The van der Waals surface area contributed by atoms with Crippen molar-refractivity contribution in [1.29, 1.82) is 0 Å². The van der Waals surface area contributed by atoms with Crippen molar-refractivity contribution < 1.29 is 9.15 Å². The van der Waals surface area contributed by atoms with E-state index in [2.05, 4.69) is 60.7 Å². The number of furan rings is 1. The van der Waals surface area contributed by atoms with E-state index in [1.807, 2.05) is 30.3 Å². The van der Waals surface area contributed by atoms with Crippen LogP contribution in [-0.4, -0.2) is 7.11 Å². The topological polar surface area (TPSA) is 22.4 Å². The Labute approximate surface area is 157 Å². The number of ether oxygens (including phenoxy) is 1. The van der Waals surface area contributed by atoms with Crippen LogP contribution in [0.15, 0.2) is 95.4 Å². The number of rotatable bonds is 3. The van der Waals surface area contributed by atoms with E-state index in [1.165, 1.54) is 10.8 Å². The lowest BCUT2D eigenvalue weighted by atomic mass is 9.95. The first-order valence-electron chi connectivity index (χ1n) is 8.99. The molecule has 130 valence electrons. The fraction of sp³-hybridized carbons (Fsp3) is 0.0400. The third kappa shape index (κ3) is 2.58. The summed E-state index contributed by atoms with van der Waals surface area (Å²) in [6.45, 7) is 0. The van der Waals surface area contributed by atoms with Crippen LogP contribution in [0.2, 0.25) is 0 Å². The van der Waals surface area contributed by atoms with Gasteiger partial charge < -0.3 is 9.15 Å². The van der Waals surface area contributed by atoms with Crippen LogP contribution in [-0.2, 0) is 0 Å². The van der Waals surface area contributed by atoms with Gasteiger partial charge in [-0.25, -0.2) is 0 Å². The predicted molar refractivity (Wildman–Crippen MR) is 111 cm³/mol. The summed E-state index contributed by atoms with van der Waals surface area (Å²) in [4.78, 5) is 0. The highest BCUT2D eigenvalue weighted by atomic mass is 16.5. The fourth-order valence-electron chi connectivity index (χ4n) is 3.69. The normalized spacial score (nSPS) is 11.1. The Bertz CT molecular complexity index is 1230. The molecule has 27 heavy (non-hydrogen) atoms. The maximum Gasteiger partial charge on any atom is 0.143 e. The molecule has 2 nitrogen and oxygen atoms in total. The van der Waals surface area contributed by atoms with Gasteiger partial charge in [0.1, 0.15) is 17.1 Å². The van der Waals surface area contributed by atoms with Crippen molar-refractivity contribution in [3.8, 4) is 28.2 Å². The Morgan fingerprint density at radius 2 is 1.41 bits per heavy atom. The van der Waals surface area contributed by atoms with Crippen LogP contribution in [0.25, 0.3) is 44.2 Å². The fourth-order valence-corrected chi connectivity index (χ4v) is 3.69. The van der Waals surface area contributed by atoms with Crippen LogP contribution in [0.5, 0.6) is 5.75 Å². The summed E-state index contributed by atoms with van der Waals surface area (Å²) in [5.74, 6) is 1.74. The molecule has 0 unspecified atom stereocenters. The highest BCUT2D eigenvalue weighted by Gasteiger charge is 2.19. The van der Waals surface area contributed by atoms with Crippen LogP contribution >= 0.6 is 0 Å². The minimum atomic E-state index is 0.845.